The van der Waals surface area contributed by atoms with Crippen LogP contribution in [0.5, 0.6) is 0 Å². The Balaban J connectivity index is 1.30. The Bertz CT molecular complexity index is 878. The van der Waals surface area contributed by atoms with E-state index in [2.05, 4.69) is 41.4 Å². The maximum atomic E-state index is 12.8. The predicted octanol–water partition coefficient (Wildman–Crippen LogP) is 3.14. The highest BCUT2D eigenvalue weighted by Crippen LogP contribution is 2.36. The van der Waals surface area contributed by atoms with Gasteiger partial charge in [0.1, 0.15) is 0 Å². The lowest BCUT2D eigenvalue weighted by Gasteiger charge is -2.35. The first-order valence-corrected chi connectivity index (χ1v) is 10.6. The number of piperazine rings is 1. The summed E-state index contributed by atoms with van der Waals surface area (Å²) < 4.78 is 0. The summed E-state index contributed by atoms with van der Waals surface area (Å²) in [5, 5.41) is 2.56. The average Bonchev–Trinajstić information content (AvgIpc) is 2.71. The fourth-order valence-corrected chi connectivity index (χ4v) is 4.80. The Labute approximate surface area is 170 Å². The van der Waals surface area contributed by atoms with Gasteiger partial charge in [0.2, 0.25) is 11.8 Å². The van der Waals surface area contributed by atoms with Gasteiger partial charge in [-0.1, -0.05) is 36.4 Å². The summed E-state index contributed by atoms with van der Waals surface area (Å²) in [6.45, 7) is 6.24. The van der Waals surface area contributed by atoms with Gasteiger partial charge in [-0.25, -0.2) is 0 Å². The fourth-order valence-electron chi connectivity index (χ4n) is 3.70. The van der Waals surface area contributed by atoms with Gasteiger partial charge in [-0.3, -0.25) is 14.5 Å². The summed E-state index contributed by atoms with van der Waals surface area (Å²) >= 11 is 1.49. The summed E-state index contributed by atoms with van der Waals surface area (Å²) in [5.74, 6) is -0.00203. The maximum Gasteiger partial charge on any atom is 0.238 e. The van der Waals surface area contributed by atoms with Crippen molar-refractivity contribution in [3.8, 4) is 0 Å². The molecular formula is C22H25N3O2S. The third-order valence-electron chi connectivity index (χ3n) is 5.45. The Kier molecular flexibility index (Phi) is 5.69. The van der Waals surface area contributed by atoms with E-state index in [9.17, 15) is 9.59 Å². The van der Waals surface area contributed by atoms with E-state index >= 15 is 0 Å². The molecule has 0 aromatic heterocycles. The van der Waals surface area contributed by atoms with Crippen molar-refractivity contribution in [3.63, 3.8) is 0 Å². The quantitative estimate of drug-likeness (QED) is 0.864. The van der Waals surface area contributed by atoms with Crippen LogP contribution in [0.25, 0.3) is 0 Å². The molecule has 28 heavy (non-hydrogen) atoms. The standard InChI is InChI=1S/C22H25N3O2S/c1-16-6-2-3-7-17(16)15-24-10-12-25(13-11-24)21(26)14-20-22(27)23-18-8-4-5-9-19(18)28-20/h2-9,20H,10-15H2,1H3,(H,23,27)/t20-/m0/s1. The lowest BCUT2D eigenvalue weighted by molar-refractivity contribution is -0.134. The van der Waals surface area contributed by atoms with Crippen LogP contribution in [0.2, 0.25) is 0 Å². The number of para-hydroxylation sites is 1. The number of rotatable bonds is 4. The van der Waals surface area contributed by atoms with E-state index in [1.165, 1.54) is 22.9 Å². The summed E-state index contributed by atoms with van der Waals surface area (Å²) in [4.78, 5) is 30.4. The molecule has 2 aromatic carbocycles. The maximum absolute atomic E-state index is 12.8. The van der Waals surface area contributed by atoms with E-state index in [4.69, 9.17) is 0 Å². The van der Waals surface area contributed by atoms with Crippen LogP contribution >= 0.6 is 11.8 Å². The SMILES string of the molecule is Cc1ccccc1CN1CCN(C(=O)C[C@@H]2Sc3ccccc3NC2=O)CC1. The van der Waals surface area contributed by atoms with Gasteiger partial charge < -0.3 is 10.2 Å². The highest BCUT2D eigenvalue weighted by atomic mass is 32.2. The molecule has 0 spiro atoms. The van der Waals surface area contributed by atoms with Crippen LogP contribution in [-0.4, -0.2) is 53.0 Å². The second-order valence-corrected chi connectivity index (χ2v) is 8.62. The Morgan fingerprint density at radius 3 is 2.57 bits per heavy atom. The van der Waals surface area contributed by atoms with Crippen LogP contribution in [0.3, 0.4) is 0 Å². The van der Waals surface area contributed by atoms with Crippen molar-refractivity contribution in [1.29, 1.82) is 0 Å². The van der Waals surface area contributed by atoms with Crippen molar-refractivity contribution in [2.75, 3.05) is 31.5 Å². The zero-order valence-corrected chi connectivity index (χ0v) is 16.9. The highest BCUT2D eigenvalue weighted by molar-refractivity contribution is 8.01. The monoisotopic (exact) mass is 395 g/mol. The van der Waals surface area contributed by atoms with Gasteiger partial charge in [0, 0.05) is 44.0 Å². The number of anilines is 1. The van der Waals surface area contributed by atoms with Gasteiger partial charge in [0.25, 0.3) is 0 Å². The number of carbonyl (C=O) groups is 2. The van der Waals surface area contributed by atoms with E-state index in [0.717, 1.165) is 43.3 Å². The lowest BCUT2D eigenvalue weighted by atomic mass is 10.1. The largest absolute Gasteiger partial charge is 0.340 e. The Morgan fingerprint density at radius 1 is 1.07 bits per heavy atom. The van der Waals surface area contributed by atoms with Crippen molar-refractivity contribution in [1.82, 2.24) is 9.80 Å². The van der Waals surface area contributed by atoms with Crippen molar-refractivity contribution in [2.24, 2.45) is 0 Å². The molecule has 1 atom stereocenters. The first-order valence-electron chi connectivity index (χ1n) is 9.71. The molecule has 0 saturated carbocycles. The van der Waals surface area contributed by atoms with Crippen molar-refractivity contribution >= 4 is 29.3 Å². The molecule has 5 nitrogen and oxygen atoms in total. The molecule has 2 aliphatic heterocycles. The second-order valence-electron chi connectivity index (χ2n) is 7.38. The van der Waals surface area contributed by atoms with Gasteiger partial charge in [0.15, 0.2) is 0 Å². The third kappa shape index (κ3) is 4.23. The Hall–Kier alpha value is -2.31. The molecule has 6 heteroatoms. The van der Waals surface area contributed by atoms with E-state index in [0.29, 0.717) is 0 Å². The molecule has 0 aliphatic carbocycles. The minimum Gasteiger partial charge on any atom is -0.340 e. The van der Waals surface area contributed by atoms with E-state index in [-0.39, 0.29) is 23.5 Å². The highest BCUT2D eigenvalue weighted by Gasteiger charge is 2.31. The van der Waals surface area contributed by atoms with Crippen LogP contribution in [-0.2, 0) is 16.1 Å². The predicted molar refractivity (Wildman–Crippen MR) is 112 cm³/mol. The number of amides is 2. The van der Waals surface area contributed by atoms with E-state index in [1.807, 2.05) is 29.2 Å². The fraction of sp³-hybridized carbons (Fsp3) is 0.364. The zero-order valence-electron chi connectivity index (χ0n) is 16.1. The number of thioether (sulfide) groups is 1. The Morgan fingerprint density at radius 2 is 1.79 bits per heavy atom. The number of hydrogen-bond acceptors (Lipinski definition) is 4. The summed E-state index contributed by atoms with van der Waals surface area (Å²) in [7, 11) is 0. The molecule has 2 heterocycles. The molecule has 0 bridgehead atoms. The van der Waals surface area contributed by atoms with Gasteiger partial charge >= 0.3 is 0 Å². The number of benzene rings is 2. The number of fused-ring (bicyclic) bond motifs is 1. The van der Waals surface area contributed by atoms with Crippen LogP contribution < -0.4 is 5.32 Å². The molecule has 4 rings (SSSR count). The molecule has 1 N–H and O–H groups in total. The second kappa shape index (κ2) is 8.37. The van der Waals surface area contributed by atoms with E-state index < -0.39 is 0 Å². The van der Waals surface area contributed by atoms with Crippen LogP contribution in [0.15, 0.2) is 53.4 Å². The van der Waals surface area contributed by atoms with Gasteiger partial charge in [-0.05, 0) is 30.2 Å². The molecular weight excluding hydrogens is 370 g/mol. The molecule has 1 saturated heterocycles. The summed E-state index contributed by atoms with van der Waals surface area (Å²) in [5.41, 5.74) is 3.49. The molecule has 146 valence electrons. The van der Waals surface area contributed by atoms with Gasteiger partial charge in [0.05, 0.1) is 10.9 Å². The van der Waals surface area contributed by atoms with Gasteiger partial charge in [-0.15, -0.1) is 11.8 Å². The normalized spacial score (nSPS) is 19.8. The zero-order chi connectivity index (χ0) is 19.5. The minimum absolute atomic E-state index is 0.0718. The number of carbonyl (C=O) groups excluding carboxylic acids is 2. The first-order chi connectivity index (χ1) is 13.6. The summed E-state index contributed by atoms with van der Waals surface area (Å²) in [6.07, 6.45) is 0.253. The van der Waals surface area contributed by atoms with Crippen molar-refractivity contribution in [2.45, 2.75) is 30.0 Å². The van der Waals surface area contributed by atoms with Crippen molar-refractivity contribution in [3.05, 3.63) is 59.7 Å². The van der Waals surface area contributed by atoms with Crippen LogP contribution in [0.1, 0.15) is 17.5 Å². The number of nitrogens with zero attached hydrogens (tertiary/aromatic N) is 2. The molecule has 0 unspecified atom stereocenters. The smallest absolute Gasteiger partial charge is 0.238 e. The first kappa shape index (κ1) is 19.0. The molecule has 2 aromatic rings. The van der Waals surface area contributed by atoms with Crippen LogP contribution in [0, 0.1) is 6.92 Å². The van der Waals surface area contributed by atoms with E-state index in [1.54, 1.807) is 0 Å². The minimum atomic E-state index is -0.354. The number of aryl methyl sites for hydroxylation is 1. The molecule has 2 aliphatic rings. The molecule has 2 amide bonds. The van der Waals surface area contributed by atoms with Crippen molar-refractivity contribution < 1.29 is 9.59 Å². The molecule has 0 radical (unpaired) electrons. The topological polar surface area (TPSA) is 52.6 Å². The summed E-state index contributed by atoms with van der Waals surface area (Å²) in [6, 6.07) is 16.2. The lowest BCUT2D eigenvalue weighted by Crippen LogP contribution is -2.49. The number of hydrogen-bond donors (Lipinski definition) is 1. The van der Waals surface area contributed by atoms with Crippen LogP contribution in [0.4, 0.5) is 5.69 Å². The van der Waals surface area contributed by atoms with Gasteiger partial charge in [-0.2, -0.15) is 0 Å². The molecule has 1 fully saturated rings. The third-order valence-corrected chi connectivity index (χ3v) is 6.72. The number of nitrogens with one attached hydrogen (secondary N) is 1. The average molecular weight is 396 g/mol.